The van der Waals surface area contributed by atoms with E-state index in [4.69, 9.17) is 0 Å². The van der Waals surface area contributed by atoms with Gasteiger partial charge < -0.3 is 10.2 Å². The number of amides is 2. The average Bonchev–Trinajstić information content (AvgIpc) is 3.14. The zero-order chi connectivity index (χ0) is 16.8. The first-order chi connectivity index (χ1) is 11.7. The molecule has 2 heterocycles. The normalized spacial score (nSPS) is 22.7. The zero-order valence-electron chi connectivity index (χ0n) is 14.1. The molecule has 1 unspecified atom stereocenters. The Kier molecular flexibility index (Phi) is 6.07. The summed E-state index contributed by atoms with van der Waals surface area (Å²) in [4.78, 5) is 27.8. The van der Waals surface area contributed by atoms with Crippen LogP contribution < -0.4 is 5.32 Å². The van der Waals surface area contributed by atoms with E-state index < -0.39 is 0 Å². The maximum atomic E-state index is 12.5. The second-order valence-corrected chi connectivity index (χ2v) is 7.79. The molecule has 1 aromatic rings. The van der Waals surface area contributed by atoms with Crippen molar-refractivity contribution in [1.29, 1.82) is 0 Å². The molecule has 0 bridgehead atoms. The molecule has 2 fully saturated rings. The Balaban J connectivity index is 1.51. The summed E-state index contributed by atoms with van der Waals surface area (Å²) in [5.41, 5.74) is 0. The predicted molar refractivity (Wildman–Crippen MR) is 97.7 cm³/mol. The van der Waals surface area contributed by atoms with E-state index in [0.29, 0.717) is 12.6 Å². The first kappa shape index (κ1) is 17.2. The van der Waals surface area contributed by atoms with E-state index in [-0.39, 0.29) is 17.7 Å². The van der Waals surface area contributed by atoms with Crippen LogP contribution in [0.1, 0.15) is 49.8 Å². The first-order valence-electron chi connectivity index (χ1n) is 9.03. The van der Waals surface area contributed by atoms with Gasteiger partial charge in [0.2, 0.25) is 11.8 Å². The molecule has 130 valence electrons. The summed E-state index contributed by atoms with van der Waals surface area (Å²) in [5.74, 6) is 0.0972. The van der Waals surface area contributed by atoms with Gasteiger partial charge in [-0.05, 0) is 43.2 Å². The molecule has 1 atom stereocenters. The number of carbonyl (C=O) groups excluding carboxylic acids is 2. The Morgan fingerprint density at radius 1 is 1.17 bits per heavy atom. The molecule has 3 rings (SSSR count). The molecule has 1 aromatic heterocycles. The number of piperidine rings is 1. The predicted octanol–water partition coefficient (Wildman–Crippen LogP) is 3.45. The lowest BCUT2D eigenvalue weighted by molar-refractivity contribution is -0.132. The van der Waals surface area contributed by atoms with Gasteiger partial charge in [0, 0.05) is 30.1 Å². The summed E-state index contributed by atoms with van der Waals surface area (Å²) in [6.07, 6.45) is 11.2. The fraction of sp³-hybridized carbons (Fsp3) is 0.579. The molecule has 0 radical (unpaired) electrons. The quantitative estimate of drug-likeness (QED) is 0.849. The van der Waals surface area contributed by atoms with Gasteiger partial charge in [0.15, 0.2) is 0 Å². The topological polar surface area (TPSA) is 49.4 Å². The molecule has 2 amide bonds. The minimum absolute atomic E-state index is 0.0126. The lowest BCUT2D eigenvalue weighted by Gasteiger charge is -2.33. The average molecular weight is 346 g/mol. The van der Waals surface area contributed by atoms with Crippen molar-refractivity contribution in [1.82, 2.24) is 10.2 Å². The van der Waals surface area contributed by atoms with Gasteiger partial charge in [0.25, 0.3) is 0 Å². The van der Waals surface area contributed by atoms with E-state index in [0.717, 1.165) is 37.1 Å². The molecule has 24 heavy (non-hydrogen) atoms. The first-order valence-corrected chi connectivity index (χ1v) is 9.91. The van der Waals surface area contributed by atoms with Gasteiger partial charge in [-0.25, -0.2) is 0 Å². The summed E-state index contributed by atoms with van der Waals surface area (Å²) in [7, 11) is 0. The highest BCUT2D eigenvalue weighted by Crippen LogP contribution is 2.21. The van der Waals surface area contributed by atoms with E-state index in [9.17, 15) is 9.59 Å². The fourth-order valence-corrected chi connectivity index (χ4v) is 4.22. The van der Waals surface area contributed by atoms with Gasteiger partial charge in [-0.1, -0.05) is 25.3 Å². The molecule has 1 saturated heterocycles. The highest BCUT2D eigenvalue weighted by atomic mass is 32.1. The third kappa shape index (κ3) is 4.69. The standard InChI is InChI=1S/C19H26N2O2S/c22-18(11-10-17-9-5-13-24-17)21-12-4-6-15(14-21)19(23)20-16-7-2-1-3-8-16/h5,9-11,13,15-16H,1-4,6-8,12,14H2,(H,20,23). The molecule has 1 saturated carbocycles. The van der Waals surface area contributed by atoms with E-state index in [1.807, 2.05) is 28.5 Å². The van der Waals surface area contributed by atoms with Gasteiger partial charge in [-0.2, -0.15) is 0 Å². The van der Waals surface area contributed by atoms with Crippen molar-refractivity contribution < 1.29 is 9.59 Å². The summed E-state index contributed by atoms with van der Waals surface area (Å²) in [5, 5.41) is 5.21. The summed E-state index contributed by atoms with van der Waals surface area (Å²) in [6.45, 7) is 1.30. The van der Waals surface area contributed by atoms with Crippen molar-refractivity contribution in [2.75, 3.05) is 13.1 Å². The van der Waals surface area contributed by atoms with Crippen molar-refractivity contribution in [2.45, 2.75) is 51.0 Å². The van der Waals surface area contributed by atoms with Crippen LogP contribution in [0.2, 0.25) is 0 Å². The van der Waals surface area contributed by atoms with Gasteiger partial charge in [0.05, 0.1) is 5.92 Å². The van der Waals surface area contributed by atoms with Gasteiger partial charge in [-0.3, -0.25) is 9.59 Å². The minimum atomic E-state index is -0.0558. The van der Waals surface area contributed by atoms with Crippen LogP contribution in [0, 0.1) is 5.92 Å². The van der Waals surface area contributed by atoms with Gasteiger partial charge in [-0.15, -0.1) is 11.3 Å². The van der Waals surface area contributed by atoms with Crippen molar-refractivity contribution >= 4 is 29.2 Å². The third-order valence-electron chi connectivity index (χ3n) is 4.99. The number of hydrogen-bond acceptors (Lipinski definition) is 3. The Hall–Kier alpha value is -1.62. The van der Waals surface area contributed by atoms with Crippen LogP contribution in [0.5, 0.6) is 0 Å². The molecule has 0 spiro atoms. The van der Waals surface area contributed by atoms with Gasteiger partial charge in [0.1, 0.15) is 0 Å². The van der Waals surface area contributed by atoms with E-state index in [1.165, 1.54) is 19.3 Å². The monoisotopic (exact) mass is 346 g/mol. The summed E-state index contributed by atoms with van der Waals surface area (Å²) < 4.78 is 0. The maximum absolute atomic E-state index is 12.5. The highest BCUT2D eigenvalue weighted by Gasteiger charge is 2.29. The van der Waals surface area contributed by atoms with Crippen LogP contribution in [0.25, 0.3) is 6.08 Å². The van der Waals surface area contributed by atoms with Crippen molar-refractivity contribution in [3.63, 3.8) is 0 Å². The van der Waals surface area contributed by atoms with Crippen molar-refractivity contribution in [3.8, 4) is 0 Å². The maximum Gasteiger partial charge on any atom is 0.246 e. The van der Waals surface area contributed by atoms with Gasteiger partial charge >= 0.3 is 0 Å². The van der Waals surface area contributed by atoms with E-state index in [2.05, 4.69) is 5.32 Å². The molecule has 5 heteroatoms. The van der Waals surface area contributed by atoms with Crippen LogP contribution in [-0.2, 0) is 9.59 Å². The van der Waals surface area contributed by atoms with Crippen molar-refractivity contribution in [3.05, 3.63) is 28.5 Å². The largest absolute Gasteiger partial charge is 0.353 e. The van der Waals surface area contributed by atoms with Crippen LogP contribution in [-0.4, -0.2) is 35.8 Å². The Bertz CT molecular complexity index is 576. The number of hydrogen-bond donors (Lipinski definition) is 1. The molecule has 1 aliphatic heterocycles. The molecule has 0 aromatic carbocycles. The number of nitrogens with zero attached hydrogens (tertiary/aromatic N) is 1. The molecule has 1 N–H and O–H groups in total. The number of likely N-dealkylation sites (tertiary alicyclic amines) is 1. The minimum Gasteiger partial charge on any atom is -0.353 e. The molecular formula is C19H26N2O2S. The smallest absolute Gasteiger partial charge is 0.246 e. The Morgan fingerprint density at radius 2 is 2.00 bits per heavy atom. The number of thiophene rings is 1. The second kappa shape index (κ2) is 8.47. The van der Waals surface area contributed by atoms with Crippen molar-refractivity contribution in [2.24, 2.45) is 5.92 Å². The fourth-order valence-electron chi connectivity index (χ4n) is 3.60. The highest BCUT2D eigenvalue weighted by molar-refractivity contribution is 7.10. The summed E-state index contributed by atoms with van der Waals surface area (Å²) >= 11 is 1.61. The Labute approximate surface area is 147 Å². The van der Waals surface area contributed by atoms with Crippen LogP contribution in [0.4, 0.5) is 0 Å². The lowest BCUT2D eigenvalue weighted by atomic mass is 9.93. The zero-order valence-corrected chi connectivity index (χ0v) is 14.9. The number of nitrogens with one attached hydrogen (secondary N) is 1. The molecule has 1 aliphatic carbocycles. The molecular weight excluding hydrogens is 320 g/mol. The molecule has 2 aliphatic rings. The van der Waals surface area contributed by atoms with E-state index >= 15 is 0 Å². The number of carbonyl (C=O) groups is 2. The van der Waals surface area contributed by atoms with Crippen LogP contribution >= 0.6 is 11.3 Å². The second-order valence-electron chi connectivity index (χ2n) is 6.82. The van der Waals surface area contributed by atoms with Crippen LogP contribution in [0.15, 0.2) is 23.6 Å². The summed E-state index contributed by atoms with van der Waals surface area (Å²) in [6, 6.07) is 4.31. The Morgan fingerprint density at radius 3 is 2.75 bits per heavy atom. The molecule has 4 nitrogen and oxygen atoms in total. The SMILES string of the molecule is O=C(NC1CCCCC1)C1CCCN(C(=O)C=Cc2cccs2)C1. The number of rotatable bonds is 4. The third-order valence-corrected chi connectivity index (χ3v) is 5.83. The van der Waals surface area contributed by atoms with Crippen LogP contribution in [0.3, 0.4) is 0 Å². The lowest BCUT2D eigenvalue weighted by Crippen LogP contribution is -2.47. The van der Waals surface area contributed by atoms with E-state index in [1.54, 1.807) is 17.4 Å².